The van der Waals surface area contributed by atoms with Gasteiger partial charge in [-0.2, -0.15) is 4.37 Å². The van der Waals surface area contributed by atoms with E-state index in [0.29, 0.717) is 0 Å². The molecule has 0 aliphatic rings. The lowest BCUT2D eigenvalue weighted by Gasteiger charge is -2.00. The summed E-state index contributed by atoms with van der Waals surface area (Å²) in [6.45, 7) is 3.69. The zero-order valence-corrected chi connectivity index (χ0v) is 9.94. The van der Waals surface area contributed by atoms with Crippen molar-refractivity contribution in [1.82, 2.24) is 24.4 Å². The van der Waals surface area contributed by atoms with Crippen LogP contribution in [-0.4, -0.2) is 30.9 Å². The number of anilines is 1. The quantitative estimate of drug-likeness (QED) is 0.818. The van der Waals surface area contributed by atoms with Gasteiger partial charge in [-0.05, 0) is 6.42 Å². The van der Waals surface area contributed by atoms with Gasteiger partial charge in [-0.3, -0.25) is 4.68 Å². The van der Waals surface area contributed by atoms with Crippen LogP contribution in [0.25, 0.3) is 0 Å². The third-order valence-electron chi connectivity index (χ3n) is 2.03. The van der Waals surface area contributed by atoms with E-state index in [9.17, 15) is 0 Å². The van der Waals surface area contributed by atoms with Crippen LogP contribution in [0.1, 0.15) is 19.2 Å². The Morgan fingerprint density at radius 1 is 1.50 bits per heavy atom. The molecule has 2 rings (SSSR count). The Morgan fingerprint density at radius 3 is 3.19 bits per heavy atom. The van der Waals surface area contributed by atoms with Crippen LogP contribution in [0.5, 0.6) is 0 Å². The fourth-order valence-electron chi connectivity index (χ4n) is 1.28. The minimum absolute atomic E-state index is 0.780. The molecule has 0 aliphatic carbocycles. The lowest BCUT2D eigenvalue weighted by molar-refractivity contribution is 0.608. The van der Waals surface area contributed by atoms with Crippen molar-refractivity contribution in [3.63, 3.8) is 0 Å². The molecule has 0 radical (unpaired) electrons. The fourth-order valence-corrected chi connectivity index (χ4v) is 1.92. The molecule has 0 amide bonds. The summed E-state index contributed by atoms with van der Waals surface area (Å²) in [5.74, 6) is 0.927. The number of aromatic nitrogens is 5. The number of rotatable bonds is 6. The van der Waals surface area contributed by atoms with E-state index in [1.807, 2.05) is 6.20 Å². The molecule has 2 aromatic heterocycles. The van der Waals surface area contributed by atoms with E-state index in [2.05, 4.69) is 31.9 Å². The maximum absolute atomic E-state index is 4.37. The second-order valence-electron chi connectivity index (χ2n) is 3.36. The van der Waals surface area contributed by atoms with Gasteiger partial charge in [-0.15, -0.1) is 5.10 Å². The SMILES string of the molecule is CCCc1nsc(NCCn2ccnn2)n1. The number of hydrogen-bond acceptors (Lipinski definition) is 6. The maximum Gasteiger partial charge on any atom is 0.202 e. The van der Waals surface area contributed by atoms with Crippen molar-refractivity contribution in [1.29, 1.82) is 0 Å². The molecule has 0 aromatic carbocycles. The molecular formula is C9H14N6S. The Kier molecular flexibility index (Phi) is 3.81. The predicted molar refractivity (Wildman–Crippen MR) is 62.4 cm³/mol. The van der Waals surface area contributed by atoms with Crippen molar-refractivity contribution in [3.05, 3.63) is 18.2 Å². The van der Waals surface area contributed by atoms with Gasteiger partial charge in [0.1, 0.15) is 5.82 Å². The van der Waals surface area contributed by atoms with E-state index >= 15 is 0 Å². The minimum Gasteiger partial charge on any atom is -0.358 e. The summed E-state index contributed by atoms with van der Waals surface area (Å²) < 4.78 is 6.03. The van der Waals surface area contributed by atoms with Crippen LogP contribution in [0.2, 0.25) is 0 Å². The molecule has 2 heterocycles. The molecule has 6 nitrogen and oxygen atoms in total. The van der Waals surface area contributed by atoms with Crippen LogP contribution in [0.3, 0.4) is 0 Å². The molecule has 0 aliphatic heterocycles. The van der Waals surface area contributed by atoms with Crippen LogP contribution in [0, 0.1) is 0 Å². The zero-order valence-electron chi connectivity index (χ0n) is 9.13. The molecule has 0 atom stereocenters. The first-order valence-electron chi connectivity index (χ1n) is 5.29. The topological polar surface area (TPSA) is 68.5 Å². The standard InChI is InChI=1S/C9H14N6S/c1-2-3-8-12-9(16-13-8)10-4-6-15-7-5-11-14-15/h5,7H,2-4,6H2,1H3,(H,10,12,13). The van der Waals surface area contributed by atoms with Gasteiger partial charge in [0.2, 0.25) is 5.13 Å². The monoisotopic (exact) mass is 238 g/mol. The molecule has 0 fully saturated rings. The predicted octanol–water partition coefficient (Wildman–Crippen LogP) is 1.19. The maximum atomic E-state index is 4.37. The Bertz CT molecular complexity index is 409. The van der Waals surface area contributed by atoms with Crippen molar-refractivity contribution in [3.8, 4) is 0 Å². The smallest absolute Gasteiger partial charge is 0.202 e. The summed E-state index contributed by atoms with van der Waals surface area (Å²) in [7, 11) is 0. The van der Waals surface area contributed by atoms with Gasteiger partial charge in [0, 0.05) is 30.7 Å². The highest BCUT2D eigenvalue weighted by atomic mass is 32.1. The van der Waals surface area contributed by atoms with Crippen molar-refractivity contribution in [2.24, 2.45) is 0 Å². The third kappa shape index (κ3) is 2.99. The van der Waals surface area contributed by atoms with Gasteiger partial charge in [0.15, 0.2) is 0 Å². The van der Waals surface area contributed by atoms with Gasteiger partial charge in [0.05, 0.1) is 12.7 Å². The first kappa shape index (κ1) is 11.0. The van der Waals surface area contributed by atoms with Crippen molar-refractivity contribution in [2.75, 3.05) is 11.9 Å². The molecule has 0 saturated heterocycles. The molecule has 0 spiro atoms. The summed E-state index contributed by atoms with van der Waals surface area (Å²) >= 11 is 1.41. The molecule has 0 bridgehead atoms. The summed E-state index contributed by atoms with van der Waals surface area (Å²) in [6.07, 6.45) is 5.53. The van der Waals surface area contributed by atoms with Crippen LogP contribution in [0.15, 0.2) is 12.4 Å². The number of nitrogens with zero attached hydrogens (tertiary/aromatic N) is 5. The van der Waals surface area contributed by atoms with Gasteiger partial charge >= 0.3 is 0 Å². The van der Waals surface area contributed by atoms with E-state index in [-0.39, 0.29) is 0 Å². The highest BCUT2D eigenvalue weighted by molar-refractivity contribution is 7.09. The molecule has 1 N–H and O–H groups in total. The number of aryl methyl sites for hydroxylation is 1. The lowest BCUT2D eigenvalue weighted by atomic mass is 10.3. The van der Waals surface area contributed by atoms with E-state index in [1.54, 1.807) is 10.9 Å². The van der Waals surface area contributed by atoms with E-state index in [1.165, 1.54) is 11.5 Å². The van der Waals surface area contributed by atoms with Gasteiger partial charge in [0.25, 0.3) is 0 Å². The zero-order chi connectivity index (χ0) is 11.2. The average Bonchev–Trinajstić information content (AvgIpc) is 2.90. The molecule has 7 heteroatoms. The Hall–Kier alpha value is -1.50. The summed E-state index contributed by atoms with van der Waals surface area (Å²) in [4.78, 5) is 4.37. The lowest BCUT2D eigenvalue weighted by Crippen LogP contribution is -2.10. The van der Waals surface area contributed by atoms with Crippen molar-refractivity contribution < 1.29 is 0 Å². The molecule has 0 unspecified atom stereocenters. The number of hydrogen-bond donors (Lipinski definition) is 1. The van der Waals surface area contributed by atoms with Crippen LogP contribution < -0.4 is 5.32 Å². The van der Waals surface area contributed by atoms with Gasteiger partial charge in [-0.1, -0.05) is 12.1 Å². The molecular weight excluding hydrogens is 224 g/mol. The fraction of sp³-hybridized carbons (Fsp3) is 0.556. The molecule has 2 aromatic rings. The second kappa shape index (κ2) is 5.55. The molecule has 0 saturated carbocycles. The summed E-state index contributed by atoms with van der Waals surface area (Å²) in [6, 6.07) is 0. The second-order valence-corrected chi connectivity index (χ2v) is 4.11. The first-order valence-corrected chi connectivity index (χ1v) is 6.06. The molecule has 16 heavy (non-hydrogen) atoms. The van der Waals surface area contributed by atoms with Crippen LogP contribution >= 0.6 is 11.5 Å². The third-order valence-corrected chi connectivity index (χ3v) is 2.74. The van der Waals surface area contributed by atoms with E-state index in [0.717, 1.165) is 36.9 Å². The average molecular weight is 238 g/mol. The van der Waals surface area contributed by atoms with Gasteiger partial charge in [-0.25, -0.2) is 4.98 Å². The minimum atomic E-state index is 0.780. The van der Waals surface area contributed by atoms with E-state index in [4.69, 9.17) is 0 Å². The van der Waals surface area contributed by atoms with Crippen molar-refractivity contribution in [2.45, 2.75) is 26.3 Å². The highest BCUT2D eigenvalue weighted by Gasteiger charge is 2.01. The van der Waals surface area contributed by atoms with Gasteiger partial charge < -0.3 is 5.32 Å². The summed E-state index contributed by atoms with van der Waals surface area (Å²) in [5.41, 5.74) is 0. The highest BCUT2D eigenvalue weighted by Crippen LogP contribution is 2.11. The number of nitrogens with one attached hydrogen (secondary N) is 1. The Morgan fingerprint density at radius 2 is 2.44 bits per heavy atom. The van der Waals surface area contributed by atoms with Crippen LogP contribution in [-0.2, 0) is 13.0 Å². The largest absolute Gasteiger partial charge is 0.358 e. The summed E-state index contributed by atoms with van der Waals surface area (Å²) in [5, 5.41) is 11.7. The molecule has 86 valence electrons. The Balaban J connectivity index is 1.76. The van der Waals surface area contributed by atoms with Crippen LogP contribution in [0.4, 0.5) is 5.13 Å². The normalized spacial score (nSPS) is 10.6. The van der Waals surface area contributed by atoms with E-state index < -0.39 is 0 Å². The first-order chi connectivity index (χ1) is 7.88. The van der Waals surface area contributed by atoms with Crippen molar-refractivity contribution >= 4 is 16.7 Å². The Labute approximate surface area is 97.9 Å².